The van der Waals surface area contributed by atoms with Crippen LogP contribution in [0.25, 0.3) is 11.1 Å². The third kappa shape index (κ3) is 3.27. The summed E-state index contributed by atoms with van der Waals surface area (Å²) in [6, 6.07) is 4.75. The highest BCUT2D eigenvalue weighted by atomic mass is 14.6. The van der Waals surface area contributed by atoms with Gasteiger partial charge >= 0.3 is 0 Å². The van der Waals surface area contributed by atoms with Gasteiger partial charge in [-0.15, -0.1) is 0 Å². The first-order valence-corrected chi connectivity index (χ1v) is 13.8. The van der Waals surface area contributed by atoms with Gasteiger partial charge in [-0.05, 0) is 127 Å². The molecule has 0 aliphatic heterocycles. The van der Waals surface area contributed by atoms with Crippen molar-refractivity contribution in [3.8, 4) is 0 Å². The van der Waals surface area contributed by atoms with Crippen molar-refractivity contribution in [3.05, 3.63) is 117 Å². The van der Waals surface area contributed by atoms with E-state index in [1.165, 1.54) is 66.8 Å². The van der Waals surface area contributed by atoms with Gasteiger partial charge in [-0.2, -0.15) is 0 Å². The third-order valence-corrected chi connectivity index (χ3v) is 10.6. The number of hydrogen-bond donors (Lipinski definition) is 0. The van der Waals surface area contributed by atoms with E-state index in [0.29, 0.717) is 0 Å². The van der Waals surface area contributed by atoms with Gasteiger partial charge in [0.05, 0.1) is 0 Å². The highest BCUT2D eigenvalue weighted by Gasteiger charge is 2.59. The molecule has 4 aliphatic carbocycles. The van der Waals surface area contributed by atoms with Crippen molar-refractivity contribution < 1.29 is 0 Å². The smallest absolute Gasteiger partial charge is 0.0194 e. The summed E-state index contributed by atoms with van der Waals surface area (Å²) in [6.45, 7) is 36.9. The predicted octanol–water partition coefficient (Wildman–Crippen LogP) is 10.4. The number of fused-ring (bicyclic) bond motifs is 3. The van der Waals surface area contributed by atoms with Gasteiger partial charge in [0, 0.05) is 5.41 Å². The fourth-order valence-corrected chi connectivity index (χ4v) is 9.02. The Morgan fingerprint density at radius 2 is 1.59 bits per heavy atom. The van der Waals surface area contributed by atoms with Crippen LogP contribution in [0.1, 0.15) is 90.0 Å². The second-order valence-corrected chi connectivity index (χ2v) is 13.2. The monoisotopic (exact) mass is 488 g/mol. The molecule has 0 unspecified atom stereocenters. The molecule has 0 nitrogen and oxygen atoms in total. The summed E-state index contributed by atoms with van der Waals surface area (Å²) in [6.07, 6.45) is 8.77. The highest BCUT2D eigenvalue weighted by molar-refractivity contribution is 5.90. The van der Waals surface area contributed by atoms with E-state index in [0.717, 1.165) is 36.8 Å². The molecule has 0 saturated carbocycles. The third-order valence-electron chi connectivity index (χ3n) is 10.6. The molecule has 0 heteroatoms. The van der Waals surface area contributed by atoms with Crippen LogP contribution in [0, 0.1) is 23.2 Å². The predicted molar refractivity (Wildman–Crippen MR) is 162 cm³/mol. The fourth-order valence-electron chi connectivity index (χ4n) is 9.02. The molecule has 192 valence electrons. The summed E-state index contributed by atoms with van der Waals surface area (Å²) in [7, 11) is 0. The van der Waals surface area contributed by atoms with Crippen molar-refractivity contribution in [3.63, 3.8) is 0 Å². The van der Waals surface area contributed by atoms with Gasteiger partial charge in [-0.3, -0.25) is 0 Å². The van der Waals surface area contributed by atoms with Gasteiger partial charge in [0.25, 0.3) is 0 Å². The minimum atomic E-state index is -0.118. The zero-order valence-electron chi connectivity index (χ0n) is 24.5. The lowest BCUT2D eigenvalue weighted by Gasteiger charge is -2.62. The molecular weight excluding hydrogens is 444 g/mol. The summed E-state index contributed by atoms with van der Waals surface area (Å²) < 4.78 is 0. The van der Waals surface area contributed by atoms with Gasteiger partial charge in [0.15, 0.2) is 0 Å². The van der Waals surface area contributed by atoms with E-state index < -0.39 is 0 Å². The van der Waals surface area contributed by atoms with E-state index >= 15 is 0 Å². The van der Waals surface area contributed by atoms with Crippen LogP contribution < -0.4 is 0 Å². The summed E-state index contributed by atoms with van der Waals surface area (Å²) in [5.74, 6) is 0. The maximum Gasteiger partial charge on any atom is 0.0194 e. The molecule has 3 atom stereocenters. The van der Waals surface area contributed by atoms with E-state index in [2.05, 4.69) is 92.8 Å². The Hall–Kier alpha value is -2.86. The Morgan fingerprint density at radius 3 is 2.22 bits per heavy atom. The van der Waals surface area contributed by atoms with Gasteiger partial charge in [0.1, 0.15) is 0 Å². The quantitative estimate of drug-likeness (QED) is 0.397. The van der Waals surface area contributed by atoms with Crippen molar-refractivity contribution in [1.29, 1.82) is 0 Å². The Balaban J connectivity index is 1.73. The lowest BCUT2D eigenvalue weighted by molar-refractivity contribution is 0.0544. The fraction of sp³-hybridized carbons (Fsp3) is 0.405. The van der Waals surface area contributed by atoms with Crippen LogP contribution in [0.2, 0.25) is 0 Å². The summed E-state index contributed by atoms with van der Waals surface area (Å²) >= 11 is 0. The minimum absolute atomic E-state index is 0.0642. The zero-order valence-corrected chi connectivity index (χ0v) is 24.5. The molecule has 1 aromatic carbocycles. The molecule has 0 aromatic heterocycles. The molecule has 0 saturated heterocycles. The number of allylic oxidation sites excluding steroid dienone is 12. The Morgan fingerprint density at radius 1 is 0.919 bits per heavy atom. The standard InChI is InChI=1S/C37H44/c1-21(2)29-14-13-15-31(29)30-17-16-28-19-35(10)20-36(11)18-23(5)32(22(3)4)26(8)37(36,12)27(9)34(35)25(7)33(28)24(30)6/h13-14,16-17H,1,3,7-8,15,18-20H2,2,4-6,9-12H3/t35-,36+,37-/m1/s1. The van der Waals surface area contributed by atoms with Crippen LogP contribution >= 0.6 is 0 Å². The van der Waals surface area contributed by atoms with E-state index in [4.69, 9.17) is 13.2 Å². The van der Waals surface area contributed by atoms with Crippen molar-refractivity contribution in [2.75, 3.05) is 0 Å². The summed E-state index contributed by atoms with van der Waals surface area (Å²) in [4.78, 5) is 0. The number of hydrogen-bond acceptors (Lipinski definition) is 0. The summed E-state index contributed by atoms with van der Waals surface area (Å²) in [5, 5.41) is 0. The Kier molecular flexibility index (Phi) is 5.62. The first-order chi connectivity index (χ1) is 17.2. The van der Waals surface area contributed by atoms with Gasteiger partial charge in [0.2, 0.25) is 0 Å². The lowest BCUT2D eigenvalue weighted by Crippen LogP contribution is -2.52. The van der Waals surface area contributed by atoms with Gasteiger partial charge in [-0.25, -0.2) is 0 Å². The van der Waals surface area contributed by atoms with E-state index in [9.17, 15) is 0 Å². The number of rotatable bonds is 3. The van der Waals surface area contributed by atoms with Crippen molar-refractivity contribution in [2.45, 2.75) is 81.1 Å². The normalized spacial score (nSPS) is 31.0. The van der Waals surface area contributed by atoms with Crippen molar-refractivity contribution >= 4 is 11.1 Å². The van der Waals surface area contributed by atoms with Crippen molar-refractivity contribution in [1.82, 2.24) is 0 Å². The second-order valence-electron chi connectivity index (χ2n) is 13.2. The lowest BCUT2D eigenvalue weighted by atomic mass is 9.41. The van der Waals surface area contributed by atoms with Crippen LogP contribution in [0.3, 0.4) is 0 Å². The first kappa shape index (κ1) is 25.8. The average molecular weight is 489 g/mol. The van der Waals surface area contributed by atoms with Crippen LogP contribution in [0.15, 0.2) is 95.2 Å². The Labute approximate surface area is 225 Å². The minimum Gasteiger partial charge on any atom is -0.0955 e. The molecule has 4 aliphatic rings. The molecule has 0 heterocycles. The molecule has 0 amide bonds. The molecule has 0 N–H and O–H groups in total. The molecule has 5 rings (SSSR count). The molecule has 0 bridgehead atoms. The largest absolute Gasteiger partial charge is 0.0955 e. The highest BCUT2D eigenvalue weighted by Crippen LogP contribution is 2.70. The van der Waals surface area contributed by atoms with Crippen LogP contribution in [0.5, 0.6) is 0 Å². The average Bonchev–Trinajstić information content (AvgIpc) is 3.26. The molecule has 1 aromatic rings. The maximum atomic E-state index is 4.84. The topological polar surface area (TPSA) is 0 Å². The molecule has 0 spiro atoms. The molecule has 0 radical (unpaired) electrons. The van der Waals surface area contributed by atoms with Gasteiger partial charge in [-0.1, -0.05) is 93.7 Å². The zero-order chi connectivity index (χ0) is 27.2. The summed E-state index contributed by atoms with van der Waals surface area (Å²) in [5.41, 5.74) is 18.7. The van der Waals surface area contributed by atoms with Crippen LogP contribution in [-0.4, -0.2) is 0 Å². The Bertz CT molecular complexity index is 1460. The SMILES string of the molecule is C=C(C)C1=C(c2ccc3c(c2C)C(=C)C2=C(C)[C@@]4(C)C(=C)C(C(=C)C)=C(C)C[C@@]4(C)C[C@@]2(C)C3)CC=C1. The molecular formula is C37H44. The second kappa shape index (κ2) is 8.07. The molecule has 37 heavy (non-hydrogen) atoms. The van der Waals surface area contributed by atoms with E-state index in [1.807, 2.05) is 0 Å². The van der Waals surface area contributed by atoms with Crippen LogP contribution in [0.4, 0.5) is 0 Å². The first-order valence-electron chi connectivity index (χ1n) is 13.8. The maximum absolute atomic E-state index is 4.84. The van der Waals surface area contributed by atoms with Gasteiger partial charge < -0.3 is 0 Å². The van der Waals surface area contributed by atoms with Crippen molar-refractivity contribution in [2.24, 2.45) is 16.2 Å². The van der Waals surface area contributed by atoms with E-state index in [-0.39, 0.29) is 16.2 Å². The molecule has 0 fully saturated rings. The number of benzene rings is 1. The van der Waals surface area contributed by atoms with Crippen LogP contribution in [-0.2, 0) is 6.42 Å². The van der Waals surface area contributed by atoms with E-state index in [1.54, 1.807) is 0 Å².